The first-order chi connectivity index (χ1) is 46.6. The molecule has 16 rings (SSSR count). The molecule has 0 aliphatic carbocycles. The molecule has 0 saturated heterocycles. The van der Waals surface area contributed by atoms with Gasteiger partial charge in [0, 0.05) is 73.8 Å². The number of fused-ring (bicyclic) bond motifs is 12. The Morgan fingerprint density at radius 1 is 0.348 bits per heavy atom. The van der Waals surface area contributed by atoms with Crippen molar-refractivity contribution in [3.8, 4) is 0 Å². The smallest absolute Gasteiger partial charge is 0.405 e. The van der Waals surface area contributed by atoms with E-state index in [0.717, 1.165) is 105 Å². The second-order valence-electron chi connectivity index (χ2n) is 23.6. The molecule has 12 nitrogen and oxygen atoms in total. The molecule has 0 unspecified atom stereocenters. The maximum absolute atomic E-state index is 7.70. The van der Waals surface area contributed by atoms with Crippen molar-refractivity contribution in [2.24, 2.45) is 28.2 Å². The summed E-state index contributed by atoms with van der Waals surface area (Å²) in [5.41, 5.74) is 10.1. The summed E-state index contributed by atoms with van der Waals surface area (Å²) in [5.74, 6) is 12.7. The molecule has 4 aliphatic rings. The highest BCUT2D eigenvalue weighted by atomic mass is 16.3. The minimum atomic E-state index is -2.12. The van der Waals surface area contributed by atoms with Crippen LogP contribution in [0, 0.1) is 34.4 Å². The summed E-state index contributed by atoms with van der Waals surface area (Å²) in [7, 11) is 7.68. The summed E-state index contributed by atoms with van der Waals surface area (Å²) in [6, 6.07) is 45.5. The summed E-state index contributed by atoms with van der Waals surface area (Å²) in [6.07, 6.45) is 15.3. The van der Waals surface area contributed by atoms with E-state index in [9.17, 15) is 0 Å². The van der Waals surface area contributed by atoms with Crippen molar-refractivity contribution in [3.63, 3.8) is 0 Å². The number of pyridine rings is 4. The largest absolute Gasteiger partial charge is 0.457 e. The van der Waals surface area contributed by atoms with E-state index in [4.69, 9.17) is 30.0 Å². The zero-order valence-corrected chi connectivity index (χ0v) is 51.7. The fraction of sp³-hybridized carbons (Fsp3) is 0.178. The van der Waals surface area contributed by atoms with Gasteiger partial charge < -0.3 is 17.7 Å². The number of rotatable bonds is 4. The molecule has 12 aromatic rings. The highest BCUT2D eigenvalue weighted by Gasteiger charge is 2.33. The van der Waals surface area contributed by atoms with E-state index in [1.807, 2.05) is 145 Å². The zero-order valence-electron chi connectivity index (χ0n) is 60.7. The lowest BCUT2D eigenvalue weighted by atomic mass is 9.61. The van der Waals surface area contributed by atoms with Gasteiger partial charge in [-0.15, -0.1) is 0 Å². The molecule has 89 heavy (non-hydrogen) atoms. The quantitative estimate of drug-likeness (QED) is 0.134. The number of hydrogen-bond acceptors (Lipinski definition) is 8. The molecule has 0 atom stereocenters. The number of hydrogen-bond donors (Lipinski definition) is 0. The van der Waals surface area contributed by atoms with Crippen molar-refractivity contribution in [1.29, 1.82) is 0 Å². The number of furan rings is 4. The van der Waals surface area contributed by atoms with Crippen LogP contribution in [0.2, 0.25) is 27.3 Å². The Balaban J connectivity index is 0.000000118. The molecule has 438 valence electrons. The third kappa shape index (κ3) is 11.2. The van der Waals surface area contributed by atoms with Crippen molar-refractivity contribution in [2.75, 3.05) is 19.2 Å². The molecule has 0 bridgehead atoms. The predicted molar refractivity (Wildman–Crippen MR) is 368 cm³/mol. The van der Waals surface area contributed by atoms with Crippen molar-refractivity contribution < 1.29 is 48.3 Å². The van der Waals surface area contributed by atoms with Gasteiger partial charge >= 0.3 is 27.4 Å². The Bertz CT molecular complexity index is 5690. The monoisotopic (exact) mass is 1180 g/mol. The van der Waals surface area contributed by atoms with E-state index in [-0.39, 0.29) is 27.4 Å². The minimum absolute atomic E-state index is 0.0953. The van der Waals surface area contributed by atoms with E-state index in [2.05, 4.69) is 144 Å². The molecule has 0 amide bonds. The lowest BCUT2D eigenvalue weighted by Gasteiger charge is -2.19. The average molecular weight is 1180 g/mol. The van der Waals surface area contributed by atoms with Gasteiger partial charge in [0.15, 0.2) is 16.2 Å². The minimum Gasteiger partial charge on any atom is -0.457 e. The number of benzene rings is 4. The summed E-state index contributed by atoms with van der Waals surface area (Å²) >= 11 is 0. The predicted octanol–water partition coefficient (Wildman–Crippen LogP) is 7.37. The fourth-order valence-electron chi connectivity index (χ4n) is 12.4. The third-order valence-electron chi connectivity index (χ3n) is 17.1. The molecule has 0 N–H and O–H groups in total. The SMILES string of the molecule is CB1C=c2c(oc3ccccc23)=CN1c1cc(C)cc[n+]1C.[2H]C([2H])([2H])c1c[n+](C)c(N2C=c3oc4ccccc4c3=CB2C)cc1C.[2H]C([2H])([2H])c1ccc(N2C=c3c(oc4ccccc34)=CB2C)[n+](C)c1.[2H]C([2H])([2H])c1ccc(N2C=c3oc4ccccc4c3=CB2C)[n+](C)c1. The molecule has 12 heterocycles. The van der Waals surface area contributed by atoms with Crippen molar-refractivity contribution >= 4 is 143 Å². The lowest BCUT2D eigenvalue weighted by molar-refractivity contribution is -0.658. The average Bonchev–Trinajstić information content (AvgIpc) is 1.57. The maximum Gasteiger partial charge on any atom is 0.405 e. The van der Waals surface area contributed by atoms with Crippen LogP contribution >= 0.6 is 0 Å². The second-order valence-corrected chi connectivity index (χ2v) is 23.6. The van der Waals surface area contributed by atoms with Gasteiger partial charge in [0.05, 0.1) is 64.4 Å². The van der Waals surface area contributed by atoms with Crippen LogP contribution in [0.4, 0.5) is 23.3 Å². The Morgan fingerprint density at radius 3 is 1.17 bits per heavy atom. The molecule has 0 saturated carbocycles. The maximum atomic E-state index is 7.70. The normalized spacial score (nSPS) is 15.7. The van der Waals surface area contributed by atoms with E-state index in [0.29, 0.717) is 16.7 Å². The summed E-state index contributed by atoms with van der Waals surface area (Å²) in [6.45, 7) is 6.78. The van der Waals surface area contributed by atoms with Crippen LogP contribution in [0.5, 0.6) is 0 Å². The molecule has 8 aromatic heterocycles. The van der Waals surface area contributed by atoms with Crippen molar-refractivity contribution in [3.05, 3.63) is 235 Å². The Morgan fingerprint density at radius 2 is 0.730 bits per heavy atom. The van der Waals surface area contributed by atoms with Gasteiger partial charge in [0.25, 0.3) is 23.3 Å². The molecule has 0 radical (unpaired) electrons. The first kappa shape index (κ1) is 48.1. The molecule has 16 heteroatoms. The molecule has 0 spiro atoms. The number of nitrogens with zero attached hydrogens (tertiary/aromatic N) is 8. The molecular weight excluding hydrogens is 1100 g/mol. The molecule has 4 aromatic carbocycles. The summed E-state index contributed by atoms with van der Waals surface area (Å²) in [5, 5.41) is 8.97. The van der Waals surface area contributed by atoms with Gasteiger partial charge in [-0.3, -0.25) is 19.2 Å². The Hall–Kier alpha value is -9.94. The number of anilines is 4. The highest BCUT2D eigenvalue weighted by molar-refractivity contribution is 6.78. The summed E-state index contributed by atoms with van der Waals surface area (Å²) < 4.78 is 100. The van der Waals surface area contributed by atoms with Crippen LogP contribution in [0.3, 0.4) is 0 Å². The first-order valence-electron chi connectivity index (χ1n) is 34.5. The molecule has 4 aliphatic heterocycles. The number of para-hydroxylation sites is 4. The van der Waals surface area contributed by atoms with Crippen LogP contribution in [-0.4, -0.2) is 27.4 Å². The van der Waals surface area contributed by atoms with Gasteiger partial charge in [-0.05, 0) is 138 Å². The van der Waals surface area contributed by atoms with Crippen LogP contribution in [-0.2, 0) is 28.2 Å². The molecular formula is C73H74B4N8O4+4. The van der Waals surface area contributed by atoms with E-state index in [1.54, 1.807) is 30.7 Å². The fourth-order valence-corrected chi connectivity index (χ4v) is 12.4. The van der Waals surface area contributed by atoms with Crippen molar-refractivity contribution in [1.82, 2.24) is 0 Å². The van der Waals surface area contributed by atoms with Gasteiger partial charge in [-0.2, -0.15) is 0 Å². The van der Waals surface area contributed by atoms with E-state index >= 15 is 0 Å². The van der Waals surface area contributed by atoms with Crippen LogP contribution in [0.1, 0.15) is 40.2 Å². The van der Waals surface area contributed by atoms with E-state index in [1.165, 1.54) is 16.2 Å². The van der Waals surface area contributed by atoms with Gasteiger partial charge in [0.2, 0.25) is 0 Å². The summed E-state index contributed by atoms with van der Waals surface area (Å²) in [4.78, 5) is 8.60. The molecule has 0 fully saturated rings. The Kier molecular flexibility index (Phi) is 12.8. The standard InChI is InChI=1S/C19H20BN2O.3C18H18BN2O/c1-13-9-19(21(4)11-14(13)2)22-12-18-16(10-20(22)3)15-7-5-6-8-17(15)23-18;1-13-8-9-18(20(3)11-13)21-12-15-14-6-4-5-7-16(14)22-17(15)10-19(21)2;1-13-8-9-18(20(3)11-13)21-12-17-15(10-19(21)2)14-6-4-5-7-16(14)22-17;1-13-8-9-20(3)18(10-13)21-12-17-15(11-19(21)2)14-6-4-5-7-16(14)22-17/h5-12H,1-4H3;3*4-12H,1-3H3/q4*+1/i2D3;2*1D3;. The topological polar surface area (TPSA) is 81.0 Å². The second kappa shape index (κ2) is 23.6. The Labute approximate surface area is 533 Å². The third-order valence-corrected chi connectivity index (χ3v) is 17.1. The zero-order chi connectivity index (χ0) is 69.4. The van der Waals surface area contributed by atoms with Gasteiger partial charge in [-0.1, -0.05) is 90.7 Å². The lowest BCUT2D eigenvalue weighted by Crippen LogP contribution is -2.47. The van der Waals surface area contributed by atoms with Crippen molar-refractivity contribution in [2.45, 2.75) is 61.7 Å². The van der Waals surface area contributed by atoms with E-state index < -0.39 is 20.6 Å². The van der Waals surface area contributed by atoms with Gasteiger partial charge in [-0.25, -0.2) is 18.3 Å². The van der Waals surface area contributed by atoms with Crippen LogP contribution in [0.15, 0.2) is 182 Å². The van der Waals surface area contributed by atoms with Crippen LogP contribution < -0.4 is 80.0 Å². The highest BCUT2D eigenvalue weighted by Crippen LogP contribution is 2.22. The van der Waals surface area contributed by atoms with Gasteiger partial charge in [0.1, 0.15) is 46.3 Å². The first-order valence-corrected chi connectivity index (χ1v) is 30.0. The number of aryl methyl sites for hydroxylation is 9. The van der Waals surface area contributed by atoms with Crippen LogP contribution in [0.25, 0.3) is 92.6 Å². The number of aromatic nitrogens is 4.